The van der Waals surface area contributed by atoms with Crippen molar-refractivity contribution in [2.75, 3.05) is 0 Å². The first kappa shape index (κ1) is 33.9. The molecule has 48 heavy (non-hydrogen) atoms. The van der Waals surface area contributed by atoms with Crippen LogP contribution in [0, 0.1) is 0 Å². The Kier molecular flexibility index (Phi) is 10.2. The molecule has 4 aromatic carbocycles. The van der Waals surface area contributed by atoms with Crippen LogP contribution in [0.1, 0.15) is 38.4 Å². The number of benzene rings is 4. The van der Waals surface area contributed by atoms with Crippen LogP contribution in [0.2, 0.25) is 0 Å². The van der Waals surface area contributed by atoms with E-state index in [0.29, 0.717) is 24.3 Å². The molecule has 6 aromatic rings. The summed E-state index contributed by atoms with van der Waals surface area (Å²) in [5.41, 5.74) is 4.99. The highest BCUT2D eigenvalue weighted by Crippen LogP contribution is 2.32. The summed E-state index contributed by atoms with van der Waals surface area (Å²) in [5.74, 6) is 0. The van der Waals surface area contributed by atoms with E-state index in [2.05, 4.69) is 9.97 Å². The number of rotatable bonds is 8. The largest absolute Gasteiger partial charge is 0.416 e. The van der Waals surface area contributed by atoms with Gasteiger partial charge >= 0.3 is 12.4 Å². The topological polar surface area (TPSA) is 72.9 Å². The molecule has 12 heteroatoms. The van der Waals surface area contributed by atoms with Gasteiger partial charge in [-0.15, -0.1) is 0 Å². The minimum Gasteiger partial charge on any atom is -0.390 e. The van der Waals surface area contributed by atoms with Crippen LogP contribution in [-0.4, -0.2) is 30.5 Å². The number of carbonyl (C=O) groups is 1. The van der Waals surface area contributed by atoms with Crippen molar-refractivity contribution in [2.45, 2.75) is 32.0 Å². The van der Waals surface area contributed by atoms with Crippen LogP contribution in [0.3, 0.4) is 0 Å². The molecule has 6 nitrogen and oxygen atoms in total. The van der Waals surface area contributed by atoms with Gasteiger partial charge in [0.05, 0.1) is 48.5 Å². The second-order valence-electron chi connectivity index (χ2n) is 10.8. The average Bonchev–Trinajstić information content (AvgIpc) is 3.74. The highest BCUT2D eigenvalue weighted by atomic mass is 19.4. The number of imidazole rings is 2. The van der Waals surface area contributed by atoms with Crippen molar-refractivity contribution < 1.29 is 36.2 Å². The maximum atomic E-state index is 12.6. The monoisotopic (exact) mass is 662 g/mol. The van der Waals surface area contributed by atoms with Crippen LogP contribution in [0.25, 0.3) is 22.3 Å². The number of aldehydes is 1. The first-order valence-electron chi connectivity index (χ1n) is 14.5. The molecule has 0 atom stereocenters. The molecule has 0 unspecified atom stereocenters. The predicted molar refractivity (Wildman–Crippen MR) is 168 cm³/mol. The molecular weight excluding hydrogens is 634 g/mol. The Bertz CT molecular complexity index is 1930. The number of aromatic nitrogens is 4. The molecule has 0 fully saturated rings. The minimum atomic E-state index is -4.33. The van der Waals surface area contributed by atoms with E-state index in [1.54, 1.807) is 23.4 Å². The summed E-state index contributed by atoms with van der Waals surface area (Å²) in [6.07, 6.45) is -1.59. The van der Waals surface area contributed by atoms with Gasteiger partial charge in [0.2, 0.25) is 0 Å². The number of alkyl halides is 6. The van der Waals surface area contributed by atoms with Crippen molar-refractivity contribution in [2.24, 2.45) is 0 Å². The lowest BCUT2D eigenvalue weighted by Gasteiger charge is -2.09. The fourth-order valence-electron chi connectivity index (χ4n) is 4.89. The summed E-state index contributed by atoms with van der Waals surface area (Å²) in [5, 5.41) is 9.22. The van der Waals surface area contributed by atoms with Crippen molar-refractivity contribution in [1.29, 1.82) is 0 Å². The van der Waals surface area contributed by atoms with Crippen LogP contribution >= 0.6 is 0 Å². The van der Waals surface area contributed by atoms with Crippen molar-refractivity contribution in [1.82, 2.24) is 19.1 Å². The van der Waals surface area contributed by atoms with E-state index in [0.717, 1.165) is 64.1 Å². The van der Waals surface area contributed by atoms with Gasteiger partial charge in [-0.3, -0.25) is 4.79 Å². The zero-order valence-electron chi connectivity index (χ0n) is 25.2. The first-order valence-corrected chi connectivity index (χ1v) is 14.5. The van der Waals surface area contributed by atoms with Gasteiger partial charge in [-0.05, 0) is 57.6 Å². The second kappa shape index (κ2) is 14.5. The van der Waals surface area contributed by atoms with Gasteiger partial charge in [0.1, 0.15) is 5.69 Å². The number of halogens is 6. The standard InChI is InChI=1S/C18H15F3N2O.C18H13F3N2O/c2*19-18(20,21)16-7-5-15(6-8-16)14-3-1-13(2-4-14)10-23-12-22-9-17(23)11-24/h1-9,12,24H,10-11H2;1-9,11-12H,10H2. The molecular formula is C36H28F6N4O2. The molecule has 0 bridgehead atoms. The Labute approximate surface area is 271 Å². The van der Waals surface area contributed by atoms with Crippen LogP contribution in [0.4, 0.5) is 26.3 Å². The Morgan fingerprint density at radius 1 is 0.562 bits per heavy atom. The van der Waals surface area contributed by atoms with Gasteiger partial charge in [-0.1, -0.05) is 72.8 Å². The summed E-state index contributed by atoms with van der Waals surface area (Å²) in [6.45, 7) is 0.994. The van der Waals surface area contributed by atoms with Crippen LogP contribution < -0.4 is 0 Å². The van der Waals surface area contributed by atoms with Crippen LogP contribution in [-0.2, 0) is 32.0 Å². The van der Waals surface area contributed by atoms with Gasteiger partial charge < -0.3 is 14.2 Å². The molecule has 0 saturated heterocycles. The SMILES string of the molecule is O=Cc1cncn1Cc1ccc(-c2ccc(C(F)(F)F)cc2)cc1.OCc1cncn1Cc1ccc(-c2ccc(C(F)(F)F)cc2)cc1. The highest BCUT2D eigenvalue weighted by molar-refractivity contribution is 5.71. The van der Waals surface area contributed by atoms with Crippen molar-refractivity contribution in [3.63, 3.8) is 0 Å². The summed E-state index contributed by atoms with van der Waals surface area (Å²) >= 11 is 0. The molecule has 0 amide bonds. The van der Waals surface area contributed by atoms with Crippen molar-refractivity contribution in [3.8, 4) is 22.3 Å². The lowest BCUT2D eigenvalue weighted by molar-refractivity contribution is -0.138. The highest BCUT2D eigenvalue weighted by Gasteiger charge is 2.30. The van der Waals surface area contributed by atoms with Gasteiger partial charge in [0, 0.05) is 13.1 Å². The lowest BCUT2D eigenvalue weighted by Crippen LogP contribution is -2.04. The third kappa shape index (κ3) is 8.45. The third-order valence-corrected chi connectivity index (χ3v) is 7.53. The molecule has 1 N–H and O–H groups in total. The van der Waals surface area contributed by atoms with E-state index in [4.69, 9.17) is 0 Å². The molecule has 0 aliphatic heterocycles. The number of nitrogens with zero attached hydrogens (tertiary/aromatic N) is 4. The molecule has 246 valence electrons. The molecule has 0 spiro atoms. The number of hydrogen-bond acceptors (Lipinski definition) is 4. The van der Waals surface area contributed by atoms with Crippen LogP contribution in [0.5, 0.6) is 0 Å². The summed E-state index contributed by atoms with van der Waals surface area (Å²) < 4.78 is 79.1. The van der Waals surface area contributed by atoms with E-state index in [1.807, 2.05) is 53.1 Å². The van der Waals surface area contributed by atoms with Crippen molar-refractivity contribution in [3.05, 3.63) is 156 Å². The Hall–Kier alpha value is -5.49. The van der Waals surface area contributed by atoms with E-state index < -0.39 is 23.5 Å². The zero-order valence-corrected chi connectivity index (χ0v) is 25.2. The Morgan fingerprint density at radius 2 is 0.938 bits per heavy atom. The maximum absolute atomic E-state index is 12.6. The Balaban J connectivity index is 0.000000188. The van der Waals surface area contributed by atoms with E-state index in [1.165, 1.54) is 30.5 Å². The van der Waals surface area contributed by atoms with Gasteiger partial charge in [0.15, 0.2) is 6.29 Å². The Morgan fingerprint density at radius 3 is 1.33 bits per heavy atom. The molecule has 2 heterocycles. The quantitative estimate of drug-likeness (QED) is 0.131. The van der Waals surface area contributed by atoms with Gasteiger partial charge in [-0.25, -0.2) is 9.97 Å². The molecule has 0 aliphatic rings. The molecule has 0 radical (unpaired) electrons. The lowest BCUT2D eigenvalue weighted by atomic mass is 10.0. The number of hydrogen-bond donors (Lipinski definition) is 1. The molecule has 6 rings (SSSR count). The molecule has 0 aliphatic carbocycles. The maximum Gasteiger partial charge on any atom is 0.416 e. The fraction of sp³-hybridized carbons (Fsp3) is 0.139. The molecule has 2 aromatic heterocycles. The minimum absolute atomic E-state index is 0.0797. The predicted octanol–water partition coefficient (Wildman–Crippen LogP) is 8.54. The molecule has 0 saturated carbocycles. The van der Waals surface area contributed by atoms with Crippen LogP contribution in [0.15, 0.2) is 122 Å². The van der Waals surface area contributed by atoms with Crippen molar-refractivity contribution >= 4 is 6.29 Å². The van der Waals surface area contributed by atoms with E-state index in [9.17, 15) is 36.2 Å². The second-order valence-corrected chi connectivity index (χ2v) is 10.8. The fourth-order valence-corrected chi connectivity index (χ4v) is 4.89. The number of aliphatic hydroxyl groups is 1. The first-order chi connectivity index (χ1) is 22.9. The van der Waals surface area contributed by atoms with Gasteiger partial charge in [0.25, 0.3) is 0 Å². The number of carbonyl (C=O) groups excluding carboxylic acids is 1. The average molecular weight is 663 g/mol. The van der Waals surface area contributed by atoms with E-state index >= 15 is 0 Å². The zero-order chi connectivity index (χ0) is 34.3. The number of aliphatic hydroxyl groups excluding tert-OH is 1. The van der Waals surface area contributed by atoms with E-state index in [-0.39, 0.29) is 6.61 Å². The summed E-state index contributed by atoms with van der Waals surface area (Å²) in [4.78, 5) is 18.8. The third-order valence-electron chi connectivity index (χ3n) is 7.53. The normalized spacial score (nSPS) is 11.6. The smallest absolute Gasteiger partial charge is 0.390 e. The summed E-state index contributed by atoms with van der Waals surface area (Å²) in [7, 11) is 0. The summed E-state index contributed by atoms with van der Waals surface area (Å²) in [6, 6.07) is 25.2. The van der Waals surface area contributed by atoms with Gasteiger partial charge in [-0.2, -0.15) is 26.3 Å².